The fraction of sp³-hybridized carbons (Fsp3) is 0.909. The van der Waals surface area contributed by atoms with E-state index in [1.165, 1.54) is 0 Å². The Balaban J connectivity index is 1.90. The molecule has 2 saturated heterocycles. The largest absolute Gasteiger partial charge is 0.388 e. The lowest BCUT2D eigenvalue weighted by Crippen LogP contribution is -2.43. The van der Waals surface area contributed by atoms with E-state index >= 15 is 0 Å². The van der Waals surface area contributed by atoms with Crippen LogP contribution in [0.2, 0.25) is 0 Å². The van der Waals surface area contributed by atoms with E-state index < -0.39 is 5.60 Å². The summed E-state index contributed by atoms with van der Waals surface area (Å²) in [6, 6.07) is 0. The molecule has 0 aromatic heterocycles. The minimum Gasteiger partial charge on any atom is -0.388 e. The summed E-state index contributed by atoms with van der Waals surface area (Å²) in [5.41, 5.74) is -0.669. The molecule has 2 atom stereocenters. The average molecular weight is 212 g/mol. The monoisotopic (exact) mass is 212 g/mol. The highest BCUT2D eigenvalue weighted by Crippen LogP contribution is 2.23. The van der Waals surface area contributed by atoms with Crippen molar-refractivity contribution in [3.8, 4) is 0 Å². The number of hydrogen-bond acceptors (Lipinski definition) is 3. The predicted octanol–water partition coefficient (Wildman–Crippen LogP) is -0.0307. The van der Waals surface area contributed by atoms with Crippen molar-refractivity contribution in [2.45, 2.75) is 31.8 Å². The third-order valence-electron chi connectivity index (χ3n) is 3.41. The molecule has 2 aliphatic heterocycles. The molecule has 0 spiro atoms. The number of rotatable bonds is 1. The van der Waals surface area contributed by atoms with Crippen molar-refractivity contribution >= 4 is 5.91 Å². The SMILES string of the molecule is CC1(O)CCN(C(=O)[C@@H]2CCCNC2)C1. The van der Waals surface area contributed by atoms with Crippen LogP contribution in [0.5, 0.6) is 0 Å². The van der Waals surface area contributed by atoms with E-state index in [9.17, 15) is 9.90 Å². The number of β-amino-alcohol motifs (C(OH)–C–C–N with tert-alkyl or cyclic N) is 1. The quantitative estimate of drug-likeness (QED) is 0.642. The molecule has 0 bridgehead atoms. The topological polar surface area (TPSA) is 52.6 Å². The second-order valence-electron chi connectivity index (χ2n) is 5.05. The van der Waals surface area contributed by atoms with Gasteiger partial charge in [-0.1, -0.05) is 0 Å². The molecule has 2 fully saturated rings. The Labute approximate surface area is 90.6 Å². The predicted molar refractivity (Wildman–Crippen MR) is 57.4 cm³/mol. The highest BCUT2D eigenvalue weighted by atomic mass is 16.3. The Morgan fingerprint density at radius 2 is 2.40 bits per heavy atom. The van der Waals surface area contributed by atoms with Crippen LogP contribution in [0.3, 0.4) is 0 Å². The fourth-order valence-electron chi connectivity index (χ4n) is 2.45. The van der Waals surface area contributed by atoms with Gasteiger partial charge < -0.3 is 15.3 Å². The van der Waals surface area contributed by atoms with Crippen LogP contribution in [-0.2, 0) is 4.79 Å². The lowest BCUT2D eigenvalue weighted by Gasteiger charge is -2.27. The zero-order valence-corrected chi connectivity index (χ0v) is 9.33. The van der Waals surface area contributed by atoms with Gasteiger partial charge in [-0.2, -0.15) is 0 Å². The van der Waals surface area contributed by atoms with Gasteiger partial charge in [-0.3, -0.25) is 4.79 Å². The summed E-state index contributed by atoms with van der Waals surface area (Å²) in [6.07, 6.45) is 2.78. The molecule has 1 amide bonds. The molecule has 0 radical (unpaired) electrons. The first kappa shape index (κ1) is 10.9. The minimum atomic E-state index is -0.669. The van der Waals surface area contributed by atoms with Gasteiger partial charge in [-0.25, -0.2) is 0 Å². The van der Waals surface area contributed by atoms with Gasteiger partial charge in [-0.05, 0) is 32.7 Å². The third kappa shape index (κ3) is 2.49. The van der Waals surface area contributed by atoms with E-state index in [0.29, 0.717) is 19.5 Å². The number of likely N-dealkylation sites (tertiary alicyclic amines) is 1. The summed E-state index contributed by atoms with van der Waals surface area (Å²) in [5, 5.41) is 13.1. The highest BCUT2D eigenvalue weighted by Gasteiger charge is 2.36. The maximum atomic E-state index is 12.1. The van der Waals surface area contributed by atoms with E-state index in [-0.39, 0.29) is 11.8 Å². The molecule has 0 aromatic rings. The maximum Gasteiger partial charge on any atom is 0.227 e. The summed E-state index contributed by atoms with van der Waals surface area (Å²) in [4.78, 5) is 13.9. The van der Waals surface area contributed by atoms with Gasteiger partial charge in [-0.15, -0.1) is 0 Å². The first-order valence-electron chi connectivity index (χ1n) is 5.80. The Hall–Kier alpha value is -0.610. The van der Waals surface area contributed by atoms with Crippen molar-refractivity contribution in [2.75, 3.05) is 26.2 Å². The van der Waals surface area contributed by atoms with Crippen LogP contribution in [-0.4, -0.2) is 47.7 Å². The van der Waals surface area contributed by atoms with Gasteiger partial charge in [0.1, 0.15) is 0 Å². The number of amides is 1. The molecule has 2 aliphatic rings. The number of piperidine rings is 1. The summed E-state index contributed by atoms with van der Waals surface area (Å²) in [5.74, 6) is 0.354. The van der Waals surface area contributed by atoms with E-state index in [1.807, 2.05) is 4.90 Å². The first-order valence-corrected chi connectivity index (χ1v) is 5.80. The van der Waals surface area contributed by atoms with Gasteiger partial charge in [0.15, 0.2) is 0 Å². The number of hydrogen-bond donors (Lipinski definition) is 2. The zero-order valence-electron chi connectivity index (χ0n) is 9.33. The first-order chi connectivity index (χ1) is 7.08. The molecule has 2 N–H and O–H groups in total. The molecule has 0 saturated carbocycles. The van der Waals surface area contributed by atoms with Crippen molar-refractivity contribution < 1.29 is 9.90 Å². The van der Waals surface area contributed by atoms with Crippen molar-refractivity contribution in [1.29, 1.82) is 0 Å². The maximum absolute atomic E-state index is 12.1. The molecule has 15 heavy (non-hydrogen) atoms. The van der Waals surface area contributed by atoms with E-state index in [4.69, 9.17) is 0 Å². The summed E-state index contributed by atoms with van der Waals surface area (Å²) < 4.78 is 0. The molecule has 4 nitrogen and oxygen atoms in total. The van der Waals surface area contributed by atoms with E-state index in [1.54, 1.807) is 6.92 Å². The van der Waals surface area contributed by atoms with Crippen LogP contribution in [0.1, 0.15) is 26.2 Å². The molecule has 86 valence electrons. The molecular formula is C11H20N2O2. The number of aliphatic hydroxyl groups is 1. The van der Waals surface area contributed by atoms with Gasteiger partial charge >= 0.3 is 0 Å². The van der Waals surface area contributed by atoms with Crippen LogP contribution in [0, 0.1) is 5.92 Å². The Kier molecular flexibility index (Phi) is 2.98. The van der Waals surface area contributed by atoms with Crippen molar-refractivity contribution in [3.05, 3.63) is 0 Å². The number of carbonyl (C=O) groups is 1. The summed E-state index contributed by atoms with van der Waals surface area (Å²) >= 11 is 0. The van der Waals surface area contributed by atoms with Crippen molar-refractivity contribution in [3.63, 3.8) is 0 Å². The Bertz CT molecular complexity index is 247. The van der Waals surface area contributed by atoms with Gasteiger partial charge in [0.25, 0.3) is 0 Å². The second kappa shape index (κ2) is 4.10. The Morgan fingerprint density at radius 1 is 1.60 bits per heavy atom. The van der Waals surface area contributed by atoms with Crippen molar-refractivity contribution in [2.24, 2.45) is 5.92 Å². The van der Waals surface area contributed by atoms with Crippen LogP contribution in [0.4, 0.5) is 0 Å². The lowest BCUT2D eigenvalue weighted by molar-refractivity contribution is -0.135. The molecule has 4 heteroatoms. The number of carbonyl (C=O) groups excluding carboxylic acids is 1. The molecule has 2 heterocycles. The summed E-state index contributed by atoms with van der Waals surface area (Å²) in [7, 11) is 0. The fourth-order valence-corrected chi connectivity index (χ4v) is 2.45. The molecule has 0 aromatic carbocycles. The second-order valence-corrected chi connectivity index (χ2v) is 5.05. The third-order valence-corrected chi connectivity index (χ3v) is 3.41. The van der Waals surface area contributed by atoms with Gasteiger partial charge in [0, 0.05) is 19.6 Å². The van der Waals surface area contributed by atoms with Crippen LogP contribution in [0.25, 0.3) is 0 Å². The van der Waals surface area contributed by atoms with Crippen molar-refractivity contribution in [1.82, 2.24) is 10.2 Å². The summed E-state index contributed by atoms with van der Waals surface area (Å²) in [6.45, 7) is 4.85. The normalized spacial score (nSPS) is 36.9. The molecule has 1 unspecified atom stereocenters. The molecular weight excluding hydrogens is 192 g/mol. The Morgan fingerprint density at radius 3 is 2.93 bits per heavy atom. The van der Waals surface area contributed by atoms with Gasteiger partial charge in [0.05, 0.1) is 11.5 Å². The standard InChI is InChI=1S/C11H20N2O2/c1-11(15)4-6-13(8-11)10(14)9-3-2-5-12-7-9/h9,12,15H,2-8H2,1H3/t9-,11?/m1/s1. The molecule has 2 rings (SSSR count). The minimum absolute atomic E-state index is 0.132. The van der Waals surface area contributed by atoms with E-state index in [2.05, 4.69) is 5.32 Å². The number of nitrogens with zero attached hydrogens (tertiary/aromatic N) is 1. The molecule has 0 aliphatic carbocycles. The lowest BCUT2D eigenvalue weighted by atomic mass is 9.98. The number of nitrogens with one attached hydrogen (secondary N) is 1. The smallest absolute Gasteiger partial charge is 0.227 e. The van der Waals surface area contributed by atoms with Crippen LogP contribution >= 0.6 is 0 Å². The van der Waals surface area contributed by atoms with Crippen LogP contribution in [0.15, 0.2) is 0 Å². The van der Waals surface area contributed by atoms with E-state index in [0.717, 1.165) is 25.9 Å². The average Bonchev–Trinajstić information content (AvgIpc) is 2.59. The van der Waals surface area contributed by atoms with Crippen LogP contribution < -0.4 is 5.32 Å². The zero-order chi connectivity index (χ0) is 10.9. The van der Waals surface area contributed by atoms with Gasteiger partial charge in [0.2, 0.25) is 5.91 Å². The highest BCUT2D eigenvalue weighted by molar-refractivity contribution is 5.79.